The molecule has 2 aromatic heterocycles. The molecule has 4 heterocycles. The molecule has 3 amide bonds. The molecule has 4 aromatic rings. The Hall–Kier alpha value is -4.71. The number of ether oxygens (including phenoxy) is 2. The van der Waals surface area contributed by atoms with Crippen molar-refractivity contribution in [3.8, 4) is 11.4 Å². The number of morpholine rings is 1. The summed E-state index contributed by atoms with van der Waals surface area (Å²) in [5, 5.41) is 11.4. The molecule has 1 atom stereocenters. The van der Waals surface area contributed by atoms with Gasteiger partial charge in [-0.3, -0.25) is 0 Å². The van der Waals surface area contributed by atoms with E-state index in [1.165, 1.54) is 0 Å². The second-order valence-electron chi connectivity index (χ2n) is 10.8. The number of likely N-dealkylation sites (tertiary alicyclic amines) is 1. The van der Waals surface area contributed by atoms with E-state index in [4.69, 9.17) is 24.5 Å². The smallest absolute Gasteiger partial charge is 0.409 e. The van der Waals surface area contributed by atoms with Gasteiger partial charge in [-0.05, 0) is 63.1 Å². The van der Waals surface area contributed by atoms with Crippen molar-refractivity contribution < 1.29 is 19.1 Å². The molecule has 0 radical (unpaired) electrons. The number of carbonyl (C=O) groups excluding carboxylic acids is 2. The fourth-order valence-corrected chi connectivity index (χ4v) is 5.59. The number of aromatic nitrogens is 4. The summed E-state index contributed by atoms with van der Waals surface area (Å²) in [6.45, 7) is 7.47. The van der Waals surface area contributed by atoms with E-state index in [0.717, 1.165) is 41.8 Å². The monoisotopic (exact) mass is 584 g/mol. The molecular weight excluding hydrogens is 548 g/mol. The van der Waals surface area contributed by atoms with Crippen molar-refractivity contribution in [2.24, 2.45) is 0 Å². The molecule has 0 bridgehead atoms. The highest BCUT2D eigenvalue weighted by Gasteiger charge is 2.29. The van der Waals surface area contributed by atoms with Crippen LogP contribution in [-0.4, -0.2) is 82.3 Å². The summed E-state index contributed by atoms with van der Waals surface area (Å²) < 4.78 is 12.9. The van der Waals surface area contributed by atoms with Gasteiger partial charge >= 0.3 is 12.1 Å². The third-order valence-corrected chi connectivity index (χ3v) is 7.84. The number of rotatable bonds is 6. The average molecular weight is 585 g/mol. The first-order valence-corrected chi connectivity index (χ1v) is 14.7. The summed E-state index contributed by atoms with van der Waals surface area (Å²) in [5.41, 5.74) is 2.95. The van der Waals surface area contributed by atoms with Crippen LogP contribution in [0.25, 0.3) is 22.4 Å². The summed E-state index contributed by atoms with van der Waals surface area (Å²) >= 11 is 0. The van der Waals surface area contributed by atoms with E-state index in [1.807, 2.05) is 72.4 Å². The van der Waals surface area contributed by atoms with Gasteiger partial charge in [-0.15, -0.1) is 0 Å². The van der Waals surface area contributed by atoms with Crippen molar-refractivity contribution in [1.29, 1.82) is 0 Å². The summed E-state index contributed by atoms with van der Waals surface area (Å²) in [6.07, 6.45) is 3.09. The van der Waals surface area contributed by atoms with Crippen LogP contribution in [0.15, 0.2) is 60.8 Å². The van der Waals surface area contributed by atoms with Gasteiger partial charge in [0.05, 0.1) is 43.5 Å². The third kappa shape index (κ3) is 6.24. The molecule has 0 spiro atoms. The lowest BCUT2D eigenvalue weighted by molar-refractivity contribution is 0.0919. The fraction of sp³-hybridized carbons (Fsp3) is 0.387. The predicted octanol–water partition coefficient (Wildman–Crippen LogP) is 5.16. The number of fused-ring (bicyclic) bond motifs is 1. The molecule has 0 unspecified atom stereocenters. The number of benzene rings is 2. The molecule has 2 saturated heterocycles. The Morgan fingerprint density at radius 3 is 2.40 bits per heavy atom. The molecule has 224 valence electrons. The minimum Gasteiger partial charge on any atom is -0.450 e. The number of piperidine rings is 1. The molecule has 6 rings (SSSR count). The maximum absolute atomic E-state index is 12.5. The molecule has 12 heteroatoms. The number of para-hydroxylation sites is 1. The highest BCUT2D eigenvalue weighted by Crippen LogP contribution is 2.33. The Balaban J connectivity index is 1.28. The summed E-state index contributed by atoms with van der Waals surface area (Å²) in [6, 6.07) is 16.7. The van der Waals surface area contributed by atoms with Gasteiger partial charge in [-0.2, -0.15) is 5.10 Å². The molecule has 2 aliphatic rings. The van der Waals surface area contributed by atoms with Crippen LogP contribution in [0.1, 0.15) is 32.7 Å². The zero-order valence-electron chi connectivity index (χ0n) is 24.4. The number of anilines is 3. The fourth-order valence-electron chi connectivity index (χ4n) is 5.59. The van der Waals surface area contributed by atoms with E-state index in [-0.39, 0.29) is 24.2 Å². The van der Waals surface area contributed by atoms with Crippen molar-refractivity contribution in [3.05, 3.63) is 60.8 Å². The van der Waals surface area contributed by atoms with Crippen molar-refractivity contribution in [2.45, 2.75) is 38.8 Å². The first kappa shape index (κ1) is 28.4. The second-order valence-corrected chi connectivity index (χ2v) is 10.8. The van der Waals surface area contributed by atoms with Gasteiger partial charge in [0, 0.05) is 36.6 Å². The maximum Gasteiger partial charge on any atom is 0.409 e. The van der Waals surface area contributed by atoms with Crippen LogP contribution in [-0.2, 0) is 9.47 Å². The van der Waals surface area contributed by atoms with E-state index < -0.39 is 0 Å². The largest absolute Gasteiger partial charge is 0.450 e. The Morgan fingerprint density at radius 1 is 0.977 bits per heavy atom. The molecule has 43 heavy (non-hydrogen) atoms. The Bertz CT molecular complexity index is 1570. The van der Waals surface area contributed by atoms with Crippen LogP contribution >= 0.6 is 0 Å². The quantitative estimate of drug-likeness (QED) is 0.318. The minimum atomic E-state index is -0.321. The SMILES string of the molecule is CCOC(=O)N1CCC(n2ncc3c(N4CCOC[C@@H]4C)nc(-c4ccc(NC(=O)Nc5ccccc5)cc4)nc32)CC1. The molecule has 12 nitrogen and oxygen atoms in total. The Labute approximate surface area is 250 Å². The minimum absolute atomic E-state index is 0.0931. The molecular formula is C31H36N8O4. The second kappa shape index (κ2) is 12.7. The molecule has 2 aliphatic heterocycles. The van der Waals surface area contributed by atoms with Gasteiger partial charge in [-0.25, -0.2) is 24.2 Å². The number of hydrogen-bond donors (Lipinski definition) is 2. The van der Waals surface area contributed by atoms with Gasteiger partial charge < -0.3 is 29.9 Å². The Kier molecular flexibility index (Phi) is 8.36. The maximum atomic E-state index is 12.5. The first-order valence-electron chi connectivity index (χ1n) is 14.7. The zero-order valence-corrected chi connectivity index (χ0v) is 24.4. The lowest BCUT2D eigenvalue weighted by Gasteiger charge is -2.34. The van der Waals surface area contributed by atoms with E-state index in [9.17, 15) is 9.59 Å². The van der Waals surface area contributed by atoms with E-state index >= 15 is 0 Å². The molecule has 2 N–H and O–H groups in total. The first-order chi connectivity index (χ1) is 21.0. The number of urea groups is 1. The number of nitrogens with one attached hydrogen (secondary N) is 2. The van der Waals surface area contributed by atoms with Crippen LogP contribution in [0, 0.1) is 0 Å². The molecule has 0 aliphatic carbocycles. The number of nitrogens with zero attached hydrogens (tertiary/aromatic N) is 6. The Morgan fingerprint density at radius 2 is 1.70 bits per heavy atom. The van der Waals surface area contributed by atoms with Gasteiger partial charge in [0.15, 0.2) is 11.5 Å². The van der Waals surface area contributed by atoms with Crippen LogP contribution in [0.2, 0.25) is 0 Å². The van der Waals surface area contributed by atoms with Crippen LogP contribution < -0.4 is 15.5 Å². The number of hydrogen-bond acceptors (Lipinski definition) is 8. The lowest BCUT2D eigenvalue weighted by atomic mass is 10.1. The van der Waals surface area contributed by atoms with Crippen molar-refractivity contribution >= 4 is 40.4 Å². The predicted molar refractivity (Wildman–Crippen MR) is 164 cm³/mol. The number of carbonyl (C=O) groups is 2. The molecule has 2 aromatic carbocycles. The van der Waals surface area contributed by atoms with Crippen LogP contribution in [0.5, 0.6) is 0 Å². The van der Waals surface area contributed by atoms with Gasteiger partial charge in [-0.1, -0.05) is 18.2 Å². The van der Waals surface area contributed by atoms with Gasteiger partial charge in [0.2, 0.25) is 0 Å². The van der Waals surface area contributed by atoms with Gasteiger partial charge in [0.1, 0.15) is 5.82 Å². The average Bonchev–Trinajstić information content (AvgIpc) is 3.46. The topological polar surface area (TPSA) is 127 Å². The summed E-state index contributed by atoms with van der Waals surface area (Å²) in [5.74, 6) is 1.41. The van der Waals surface area contributed by atoms with E-state index in [0.29, 0.717) is 50.1 Å². The van der Waals surface area contributed by atoms with Crippen molar-refractivity contribution in [2.75, 3.05) is 55.0 Å². The number of amides is 3. The highest BCUT2D eigenvalue weighted by molar-refractivity contribution is 5.99. The van der Waals surface area contributed by atoms with E-state index in [2.05, 4.69) is 22.5 Å². The van der Waals surface area contributed by atoms with Crippen molar-refractivity contribution in [1.82, 2.24) is 24.6 Å². The van der Waals surface area contributed by atoms with Crippen LogP contribution in [0.3, 0.4) is 0 Å². The van der Waals surface area contributed by atoms with Crippen molar-refractivity contribution in [3.63, 3.8) is 0 Å². The third-order valence-electron chi connectivity index (χ3n) is 7.84. The summed E-state index contributed by atoms with van der Waals surface area (Å²) in [7, 11) is 0. The van der Waals surface area contributed by atoms with Gasteiger partial charge in [0.25, 0.3) is 0 Å². The lowest BCUT2D eigenvalue weighted by Crippen LogP contribution is -2.44. The molecule has 2 fully saturated rings. The highest BCUT2D eigenvalue weighted by atomic mass is 16.6. The van der Waals surface area contributed by atoms with Crippen LogP contribution in [0.4, 0.5) is 26.8 Å². The molecule has 0 saturated carbocycles. The zero-order chi connectivity index (χ0) is 29.8. The van der Waals surface area contributed by atoms with E-state index in [1.54, 1.807) is 4.90 Å². The summed E-state index contributed by atoms with van der Waals surface area (Å²) in [4.78, 5) is 38.8. The standard InChI is InChI=1S/C31H36N8O4/c1-3-43-31(41)37-15-13-25(14-16-37)39-29-26(19-32-39)28(38-17-18-42-20-21(38)2)35-27(36-29)22-9-11-24(12-10-22)34-30(40)33-23-7-5-4-6-8-23/h4-12,19,21,25H,3,13-18,20H2,1-2H3,(H2,33,34,40)/t21-/m0/s1. The normalized spacial score (nSPS) is 17.6.